The Hall–Kier alpha value is -1.88. The molecule has 8 N–H and O–H groups in total. The molecule has 3 fully saturated rings. The first-order valence-corrected chi connectivity index (χ1v) is 27.7. The average molecular weight is 965 g/mol. The van der Waals surface area contributed by atoms with Gasteiger partial charge in [0.2, 0.25) is 5.91 Å². The van der Waals surface area contributed by atoms with Crippen LogP contribution in [-0.4, -0.2) is 140 Å². The number of nitrogens with two attached hydrogens (primary N) is 3. The van der Waals surface area contributed by atoms with Crippen LogP contribution in [0.4, 0.5) is 4.79 Å². The van der Waals surface area contributed by atoms with E-state index in [1.807, 2.05) is 0 Å². The van der Waals surface area contributed by atoms with Gasteiger partial charge < -0.3 is 61.2 Å². The first-order valence-electron chi connectivity index (χ1n) is 27.7. The van der Waals surface area contributed by atoms with E-state index in [-0.39, 0.29) is 35.0 Å². The number of fused-ring (bicyclic) bond motifs is 1. The molecule has 14 nitrogen and oxygen atoms in total. The van der Waals surface area contributed by atoms with Crippen LogP contribution in [0.1, 0.15) is 157 Å². The Bertz CT molecular complexity index is 1320. The predicted molar refractivity (Wildman–Crippen MR) is 275 cm³/mol. The van der Waals surface area contributed by atoms with Gasteiger partial charge in [0, 0.05) is 51.4 Å². The molecule has 1 unspecified atom stereocenters. The van der Waals surface area contributed by atoms with E-state index in [0.29, 0.717) is 115 Å². The summed E-state index contributed by atoms with van der Waals surface area (Å²) in [6, 6.07) is -0.000178. The van der Waals surface area contributed by atoms with Gasteiger partial charge in [-0.25, -0.2) is 4.79 Å². The van der Waals surface area contributed by atoms with Gasteiger partial charge in [0.1, 0.15) is 0 Å². The number of hydrogen-bond donors (Lipinski definition) is 5. The number of ether oxygens (including phenoxy) is 6. The lowest BCUT2D eigenvalue weighted by Crippen LogP contribution is -2.59. The lowest BCUT2D eigenvalue weighted by Gasteiger charge is -2.60. The molecule has 0 aromatic carbocycles. The van der Waals surface area contributed by atoms with Gasteiger partial charge in [-0.05, 0) is 151 Å². The quantitative estimate of drug-likeness (QED) is 0.0295. The van der Waals surface area contributed by atoms with E-state index in [2.05, 4.69) is 56.7 Å². The summed E-state index contributed by atoms with van der Waals surface area (Å²) in [6.07, 6.45) is 22.8. The Kier molecular flexibility index (Phi) is 31.3. The van der Waals surface area contributed by atoms with Crippen LogP contribution in [-0.2, 0) is 33.2 Å². The van der Waals surface area contributed by atoms with Gasteiger partial charge in [-0.15, -0.1) is 0 Å². The van der Waals surface area contributed by atoms with Crippen LogP contribution < -0.4 is 27.8 Å². The van der Waals surface area contributed by atoms with Gasteiger partial charge in [0.05, 0.1) is 58.0 Å². The minimum absolute atomic E-state index is 0.000178. The molecule has 68 heavy (non-hydrogen) atoms. The van der Waals surface area contributed by atoms with E-state index in [0.717, 1.165) is 96.9 Å². The molecule has 0 spiro atoms. The minimum Gasteiger partial charge on any atom is -0.378 e. The van der Waals surface area contributed by atoms with Crippen molar-refractivity contribution in [1.82, 2.24) is 15.5 Å². The molecule has 0 aliphatic heterocycles. The summed E-state index contributed by atoms with van der Waals surface area (Å²) in [7, 11) is 0. The van der Waals surface area contributed by atoms with E-state index in [4.69, 9.17) is 45.6 Å². The summed E-state index contributed by atoms with van der Waals surface area (Å²) in [5.74, 6) is 2.26. The standard InChI is InChI=1S/C54H104N6O8/c1-7-10-11-12-13-14-31-60(52(62)59-30-37-64-39-41-65-40-38-63-36-29-58-50(61)9-3)32-15-19-43(4)45-20-21-46-51(48(8-2)67-34-17-27-56)47(42-49(54(45,46)6)68-35-18-28-57)53(5)24-22-44(23-25-53)66-33-16-26-55/h9,43-49,51H,3,7-8,10-42,55-57H2,1-2,4-6H3,(H,58,61)(H,59,62)/t43-,44?,45-,46+,47+,48-,49+,51?,53?,54-/m1/s1. The van der Waals surface area contributed by atoms with Gasteiger partial charge >= 0.3 is 6.03 Å². The predicted octanol–water partition coefficient (Wildman–Crippen LogP) is 7.99. The average Bonchev–Trinajstić information content (AvgIpc) is 3.70. The van der Waals surface area contributed by atoms with Crippen LogP contribution in [0, 0.1) is 40.4 Å². The Morgan fingerprint density at radius 3 is 1.93 bits per heavy atom. The highest BCUT2D eigenvalue weighted by atomic mass is 16.5. The zero-order chi connectivity index (χ0) is 49.5. The molecule has 0 radical (unpaired) electrons. The van der Waals surface area contributed by atoms with Crippen LogP contribution >= 0.6 is 0 Å². The van der Waals surface area contributed by atoms with E-state index >= 15 is 0 Å². The largest absolute Gasteiger partial charge is 0.378 e. The van der Waals surface area contributed by atoms with Crippen molar-refractivity contribution in [3.8, 4) is 0 Å². The van der Waals surface area contributed by atoms with Gasteiger partial charge in [-0.1, -0.05) is 73.3 Å². The fourth-order valence-corrected chi connectivity index (χ4v) is 12.3. The molecule has 398 valence electrons. The first-order chi connectivity index (χ1) is 33.0. The van der Waals surface area contributed by atoms with Gasteiger partial charge in [0.15, 0.2) is 0 Å². The molecule has 0 aromatic rings. The number of nitrogens with zero attached hydrogens (tertiary/aromatic N) is 1. The highest BCUT2D eigenvalue weighted by molar-refractivity contribution is 5.86. The normalized spacial score (nSPS) is 26.8. The highest BCUT2D eigenvalue weighted by Crippen LogP contribution is 2.66. The van der Waals surface area contributed by atoms with Crippen molar-refractivity contribution in [3.63, 3.8) is 0 Å². The van der Waals surface area contributed by atoms with Crippen molar-refractivity contribution < 1.29 is 38.0 Å². The second kappa shape index (κ2) is 35.3. The van der Waals surface area contributed by atoms with Gasteiger partial charge in [0.25, 0.3) is 0 Å². The van der Waals surface area contributed by atoms with Crippen LogP contribution in [0.2, 0.25) is 0 Å². The van der Waals surface area contributed by atoms with Crippen molar-refractivity contribution >= 4 is 11.9 Å². The molecule has 0 aromatic heterocycles. The van der Waals surface area contributed by atoms with E-state index < -0.39 is 0 Å². The number of nitrogens with one attached hydrogen (secondary N) is 2. The number of urea groups is 1. The van der Waals surface area contributed by atoms with Gasteiger partial charge in [-0.3, -0.25) is 4.79 Å². The fraction of sp³-hybridized carbons (Fsp3) is 0.926. The summed E-state index contributed by atoms with van der Waals surface area (Å²) in [5, 5.41) is 5.82. The number of carbonyl (C=O) groups excluding carboxylic acids is 2. The fourth-order valence-electron chi connectivity index (χ4n) is 12.3. The molecule has 0 saturated heterocycles. The van der Waals surface area contributed by atoms with Crippen LogP contribution in [0.25, 0.3) is 0 Å². The number of hydrogen-bond acceptors (Lipinski definition) is 11. The molecule has 0 bridgehead atoms. The minimum atomic E-state index is -0.211. The summed E-state index contributed by atoms with van der Waals surface area (Å²) in [6.45, 7) is 24.8. The van der Waals surface area contributed by atoms with Crippen molar-refractivity contribution in [2.45, 2.75) is 175 Å². The maximum absolute atomic E-state index is 13.7. The molecule has 3 aliphatic carbocycles. The Balaban J connectivity index is 1.66. The zero-order valence-corrected chi connectivity index (χ0v) is 44.1. The maximum atomic E-state index is 13.7. The monoisotopic (exact) mass is 965 g/mol. The highest BCUT2D eigenvalue weighted by Gasteiger charge is 2.63. The van der Waals surface area contributed by atoms with E-state index in [1.165, 1.54) is 57.4 Å². The van der Waals surface area contributed by atoms with Crippen LogP contribution in [0.5, 0.6) is 0 Å². The third-order valence-corrected chi connectivity index (χ3v) is 16.2. The van der Waals surface area contributed by atoms with E-state index in [9.17, 15) is 9.59 Å². The van der Waals surface area contributed by atoms with Crippen molar-refractivity contribution in [2.24, 2.45) is 57.6 Å². The number of amides is 3. The molecular weight excluding hydrogens is 861 g/mol. The Morgan fingerprint density at radius 1 is 0.706 bits per heavy atom. The maximum Gasteiger partial charge on any atom is 0.317 e. The van der Waals surface area contributed by atoms with E-state index in [1.54, 1.807) is 0 Å². The van der Waals surface area contributed by atoms with Crippen molar-refractivity contribution in [2.75, 3.05) is 105 Å². The Morgan fingerprint density at radius 2 is 1.29 bits per heavy atom. The smallest absolute Gasteiger partial charge is 0.317 e. The van der Waals surface area contributed by atoms with Gasteiger partial charge in [-0.2, -0.15) is 0 Å². The second-order valence-corrected chi connectivity index (χ2v) is 20.8. The SMILES string of the molecule is C=CC(=O)NCCOCCOCCOCCNC(=O)N(CCCCCCCC)CCC[C@@H](C)[C@H]1CC[C@H]2C([C@@H](CC)OCCCN)[C@@H](C3(C)CCC(OCCCN)CC3)C[C@H](OCCCN)[C@]12C. The molecule has 3 aliphatic rings. The molecule has 8 atom stereocenters. The molecule has 3 saturated carbocycles. The lowest BCUT2D eigenvalue weighted by molar-refractivity contribution is -0.191. The molecule has 0 heterocycles. The third-order valence-electron chi connectivity index (χ3n) is 16.2. The summed E-state index contributed by atoms with van der Waals surface area (Å²) < 4.78 is 37.2. The molecule has 14 heteroatoms. The third kappa shape index (κ3) is 20.3. The number of unbranched alkanes of at least 4 members (excludes halogenated alkanes) is 5. The lowest BCUT2D eigenvalue weighted by atomic mass is 9.48. The second-order valence-electron chi connectivity index (χ2n) is 20.8. The molecule has 3 amide bonds. The Labute approximate surface area is 414 Å². The van der Waals surface area contributed by atoms with Crippen molar-refractivity contribution in [3.05, 3.63) is 12.7 Å². The first kappa shape index (κ1) is 60.4. The zero-order valence-electron chi connectivity index (χ0n) is 44.1. The van der Waals surface area contributed by atoms with Crippen molar-refractivity contribution in [1.29, 1.82) is 0 Å². The topological polar surface area (TPSA) is 195 Å². The number of carbonyl (C=O) groups is 2. The summed E-state index contributed by atoms with van der Waals surface area (Å²) in [5.41, 5.74) is 18.1. The van der Waals surface area contributed by atoms with Crippen LogP contribution in [0.15, 0.2) is 12.7 Å². The summed E-state index contributed by atoms with van der Waals surface area (Å²) in [4.78, 5) is 27.0. The number of rotatable bonds is 40. The van der Waals surface area contributed by atoms with Crippen LogP contribution in [0.3, 0.4) is 0 Å². The molecular formula is C54H104N6O8. The summed E-state index contributed by atoms with van der Waals surface area (Å²) >= 11 is 0. The molecule has 3 rings (SSSR count).